The zero-order valence-corrected chi connectivity index (χ0v) is 5.59. The molecule has 0 atom stereocenters. The Morgan fingerprint density at radius 1 is 2.00 bits per heavy atom. The second-order valence-corrected chi connectivity index (χ2v) is 2.31. The molecule has 0 radical (unpaired) electrons. The molecule has 0 aliphatic heterocycles. The normalized spacial score (nSPS) is 12.0. The first-order chi connectivity index (χ1) is 3.31. The van der Waals surface area contributed by atoms with E-state index in [4.69, 9.17) is 17.5 Å². The maximum absolute atomic E-state index is 5.16. The molecule has 0 aromatic rings. The zero-order chi connectivity index (χ0) is 5.70. The van der Waals surface area contributed by atoms with Crippen molar-refractivity contribution in [2.24, 2.45) is 10.2 Å². The van der Waals surface area contributed by atoms with Crippen LogP contribution in [-0.2, 0) is 0 Å². The molecule has 4 heteroatoms. The Balaban J connectivity index is 3.17. The molecule has 2 N–H and O–H groups in total. The molecule has 0 rings (SSSR count). The van der Waals surface area contributed by atoms with Crippen LogP contribution in [0, 0.1) is 0 Å². The van der Waals surface area contributed by atoms with Gasteiger partial charge in [-0.15, -0.1) is 0 Å². The lowest BCUT2D eigenvalue weighted by Gasteiger charge is -1.88. The van der Waals surface area contributed by atoms with E-state index in [2.05, 4.69) is 4.51 Å². The summed E-state index contributed by atoms with van der Waals surface area (Å²) in [5.74, 6) is 0.919. The minimum atomic E-state index is 0.434. The molecule has 0 amide bonds. The minimum absolute atomic E-state index is 0.434. The van der Waals surface area contributed by atoms with Crippen LogP contribution < -0.4 is 5.73 Å². The highest BCUT2D eigenvalue weighted by Crippen LogP contribution is 1.97. The fraction of sp³-hybridized carbons (Fsp3) is 0.667. The van der Waals surface area contributed by atoms with Gasteiger partial charge in [-0.05, 0) is 5.75 Å². The van der Waals surface area contributed by atoms with Crippen molar-refractivity contribution in [2.45, 2.75) is 6.92 Å². The van der Waals surface area contributed by atoms with E-state index in [1.807, 2.05) is 6.92 Å². The van der Waals surface area contributed by atoms with Crippen molar-refractivity contribution >= 4 is 28.7 Å². The number of halogens is 1. The second-order valence-electron chi connectivity index (χ2n) is 0.856. The number of hydrogen-bond acceptors (Lipinski definition) is 2. The van der Waals surface area contributed by atoms with Gasteiger partial charge in [-0.1, -0.05) is 18.7 Å². The Labute approximate surface area is 52.2 Å². The first-order valence-electron chi connectivity index (χ1n) is 1.88. The summed E-state index contributed by atoms with van der Waals surface area (Å²) in [4.78, 5) is 0. The third-order valence-electron chi connectivity index (χ3n) is 0.376. The van der Waals surface area contributed by atoms with Gasteiger partial charge in [0.2, 0.25) is 0 Å². The van der Waals surface area contributed by atoms with Crippen molar-refractivity contribution in [1.82, 2.24) is 0 Å². The monoisotopic (exact) mass is 138 g/mol. The molecule has 0 spiro atoms. The van der Waals surface area contributed by atoms with E-state index in [0.29, 0.717) is 5.17 Å². The van der Waals surface area contributed by atoms with Crippen LogP contribution in [0.2, 0.25) is 0 Å². The molecule has 0 fully saturated rings. The van der Waals surface area contributed by atoms with Crippen LogP contribution in [-0.4, -0.2) is 10.9 Å². The van der Waals surface area contributed by atoms with Crippen LogP contribution in [0.15, 0.2) is 4.51 Å². The van der Waals surface area contributed by atoms with Gasteiger partial charge in [0, 0.05) is 11.8 Å². The SMILES string of the molecule is CCS/C(N)=N/Cl. The molecule has 0 aromatic heterocycles. The van der Waals surface area contributed by atoms with Gasteiger partial charge in [-0.25, -0.2) is 0 Å². The van der Waals surface area contributed by atoms with E-state index in [-0.39, 0.29) is 0 Å². The fourth-order valence-corrected chi connectivity index (χ4v) is 0.663. The van der Waals surface area contributed by atoms with Crippen molar-refractivity contribution in [3.63, 3.8) is 0 Å². The van der Waals surface area contributed by atoms with Crippen LogP contribution in [0.1, 0.15) is 6.92 Å². The van der Waals surface area contributed by atoms with Gasteiger partial charge in [0.15, 0.2) is 5.17 Å². The first-order valence-corrected chi connectivity index (χ1v) is 3.20. The maximum atomic E-state index is 5.16. The molecule has 0 unspecified atom stereocenters. The molecule has 0 saturated heterocycles. The average molecular weight is 139 g/mol. The Hall–Kier alpha value is 0.110. The maximum Gasteiger partial charge on any atom is 0.172 e. The van der Waals surface area contributed by atoms with Crippen molar-refractivity contribution in [1.29, 1.82) is 0 Å². The fourth-order valence-electron chi connectivity index (χ4n) is 0.172. The Kier molecular flexibility index (Phi) is 4.34. The smallest absolute Gasteiger partial charge is 0.172 e. The molecule has 7 heavy (non-hydrogen) atoms. The van der Waals surface area contributed by atoms with Crippen LogP contribution in [0.4, 0.5) is 0 Å². The van der Waals surface area contributed by atoms with Gasteiger partial charge in [0.05, 0.1) is 0 Å². The van der Waals surface area contributed by atoms with Crippen LogP contribution >= 0.6 is 23.5 Å². The van der Waals surface area contributed by atoms with Crippen molar-refractivity contribution in [3.8, 4) is 0 Å². The average Bonchev–Trinajstić information content (AvgIpc) is 1.68. The Morgan fingerprint density at radius 3 is 2.71 bits per heavy atom. The van der Waals surface area contributed by atoms with Crippen LogP contribution in [0.5, 0.6) is 0 Å². The lowest BCUT2D eigenvalue weighted by atomic mass is 11.0. The third kappa shape index (κ3) is 3.95. The lowest BCUT2D eigenvalue weighted by molar-refractivity contribution is 1.53. The van der Waals surface area contributed by atoms with Gasteiger partial charge < -0.3 is 5.73 Å². The molecular weight excluding hydrogens is 132 g/mol. The largest absolute Gasteiger partial charge is 0.377 e. The summed E-state index contributed by atoms with van der Waals surface area (Å²) in [6.07, 6.45) is 0. The molecular formula is C3H7ClN2S. The number of amidine groups is 1. The Bertz CT molecular complexity index is 73.3. The van der Waals surface area contributed by atoms with Crippen molar-refractivity contribution in [2.75, 3.05) is 5.75 Å². The number of nitrogens with zero attached hydrogens (tertiary/aromatic N) is 1. The summed E-state index contributed by atoms with van der Waals surface area (Å²) >= 11 is 6.40. The zero-order valence-electron chi connectivity index (χ0n) is 4.02. The summed E-state index contributed by atoms with van der Waals surface area (Å²) in [5, 5.41) is 0.434. The first kappa shape index (κ1) is 7.11. The Morgan fingerprint density at radius 2 is 2.57 bits per heavy atom. The van der Waals surface area contributed by atoms with Gasteiger partial charge in [0.1, 0.15) is 0 Å². The highest BCUT2D eigenvalue weighted by Gasteiger charge is 1.84. The topological polar surface area (TPSA) is 38.4 Å². The molecule has 0 bridgehead atoms. The summed E-state index contributed by atoms with van der Waals surface area (Å²) in [7, 11) is 0. The number of rotatable bonds is 1. The molecule has 0 heterocycles. The highest BCUT2D eigenvalue weighted by atomic mass is 35.5. The molecule has 0 saturated carbocycles. The van der Waals surface area contributed by atoms with Gasteiger partial charge in [0.25, 0.3) is 0 Å². The second kappa shape index (κ2) is 4.27. The van der Waals surface area contributed by atoms with Crippen LogP contribution in [0.25, 0.3) is 0 Å². The van der Waals surface area contributed by atoms with Crippen molar-refractivity contribution < 1.29 is 0 Å². The van der Waals surface area contributed by atoms with E-state index >= 15 is 0 Å². The van der Waals surface area contributed by atoms with E-state index in [9.17, 15) is 0 Å². The molecule has 42 valence electrons. The van der Waals surface area contributed by atoms with Crippen LogP contribution in [0.3, 0.4) is 0 Å². The molecule has 0 aliphatic rings. The van der Waals surface area contributed by atoms with Gasteiger partial charge in [-0.3, -0.25) is 0 Å². The van der Waals surface area contributed by atoms with Gasteiger partial charge >= 0.3 is 0 Å². The predicted octanol–water partition coefficient (Wildman–Crippen LogP) is 1.21. The van der Waals surface area contributed by atoms with E-state index in [0.717, 1.165) is 5.75 Å². The van der Waals surface area contributed by atoms with E-state index in [1.165, 1.54) is 11.8 Å². The summed E-state index contributed by atoms with van der Waals surface area (Å²) in [6, 6.07) is 0. The summed E-state index contributed by atoms with van der Waals surface area (Å²) in [6.45, 7) is 1.99. The predicted molar refractivity (Wildman–Crippen MR) is 35.6 cm³/mol. The number of nitrogens with two attached hydrogens (primary N) is 1. The molecule has 0 aromatic carbocycles. The molecule has 2 nitrogen and oxygen atoms in total. The summed E-state index contributed by atoms with van der Waals surface area (Å²) < 4.78 is 3.21. The molecule has 0 aliphatic carbocycles. The van der Waals surface area contributed by atoms with Crippen molar-refractivity contribution in [3.05, 3.63) is 0 Å². The number of thioether (sulfide) groups is 1. The quantitative estimate of drug-likeness (QED) is 0.437. The van der Waals surface area contributed by atoms with E-state index < -0.39 is 0 Å². The van der Waals surface area contributed by atoms with E-state index in [1.54, 1.807) is 0 Å². The highest BCUT2D eigenvalue weighted by molar-refractivity contribution is 8.13. The standard InChI is InChI=1S/C3H7ClN2S/c1-2-7-3(5)6-4/h2H2,1H3,(H2,5,6). The lowest BCUT2D eigenvalue weighted by Crippen LogP contribution is -2.04. The number of hydrogen-bond donors (Lipinski definition) is 1. The minimum Gasteiger partial charge on any atom is -0.377 e. The van der Waals surface area contributed by atoms with Gasteiger partial charge in [-0.2, -0.15) is 4.51 Å². The third-order valence-corrected chi connectivity index (χ3v) is 1.33. The summed E-state index contributed by atoms with van der Waals surface area (Å²) in [5.41, 5.74) is 5.16.